The largest absolute Gasteiger partial charge is 0.0654 e. The van der Waals surface area contributed by atoms with E-state index >= 15 is 0 Å². The van der Waals surface area contributed by atoms with Gasteiger partial charge in [-0.15, -0.1) is 0 Å². The summed E-state index contributed by atoms with van der Waals surface area (Å²) in [6.45, 7) is 12.3. The number of rotatable bonds is 5. The first kappa shape index (κ1) is 17.4. The van der Waals surface area contributed by atoms with Crippen molar-refractivity contribution in [1.29, 1.82) is 0 Å². The minimum Gasteiger partial charge on any atom is -0.0654 e. The Morgan fingerprint density at radius 3 is 2.24 bits per heavy atom. The minimum absolute atomic E-state index is 0.902. The average molecular weight is 293 g/mol. The summed E-state index contributed by atoms with van der Waals surface area (Å²) in [6, 6.07) is 0. The van der Waals surface area contributed by atoms with Crippen molar-refractivity contribution in [2.24, 2.45) is 41.4 Å². The van der Waals surface area contributed by atoms with Crippen LogP contribution in [-0.2, 0) is 0 Å². The van der Waals surface area contributed by atoms with Crippen molar-refractivity contribution < 1.29 is 0 Å². The molecule has 124 valence electrons. The molecule has 2 saturated carbocycles. The van der Waals surface area contributed by atoms with Gasteiger partial charge in [0.2, 0.25) is 0 Å². The second kappa shape index (κ2) is 8.02. The van der Waals surface area contributed by atoms with E-state index in [9.17, 15) is 0 Å². The molecule has 2 fully saturated rings. The van der Waals surface area contributed by atoms with Crippen molar-refractivity contribution in [2.45, 2.75) is 92.4 Å². The van der Waals surface area contributed by atoms with Crippen molar-refractivity contribution in [3.8, 4) is 0 Å². The first-order chi connectivity index (χ1) is 10.0. The van der Waals surface area contributed by atoms with E-state index in [4.69, 9.17) is 0 Å². The van der Waals surface area contributed by atoms with E-state index in [1.54, 1.807) is 12.8 Å². The molecule has 21 heavy (non-hydrogen) atoms. The van der Waals surface area contributed by atoms with E-state index in [0.29, 0.717) is 0 Å². The highest BCUT2D eigenvalue weighted by atomic mass is 14.4. The normalized spacial score (nSPS) is 41.4. The molecular weight excluding hydrogens is 252 g/mol. The van der Waals surface area contributed by atoms with Gasteiger partial charge in [-0.1, -0.05) is 60.3 Å². The van der Waals surface area contributed by atoms with Gasteiger partial charge in [0.25, 0.3) is 0 Å². The molecule has 0 aromatic heterocycles. The molecule has 0 aromatic rings. The number of unbranched alkanes of at least 4 members (excludes halogenated alkanes) is 1. The van der Waals surface area contributed by atoms with Crippen LogP contribution in [0.1, 0.15) is 92.4 Å². The van der Waals surface area contributed by atoms with Crippen LogP contribution in [-0.4, -0.2) is 0 Å². The molecule has 0 heterocycles. The molecule has 0 spiro atoms. The van der Waals surface area contributed by atoms with Gasteiger partial charge in [-0.2, -0.15) is 0 Å². The van der Waals surface area contributed by atoms with Crippen LogP contribution < -0.4 is 0 Å². The quantitative estimate of drug-likeness (QED) is 0.515. The van der Waals surface area contributed by atoms with Gasteiger partial charge in [0, 0.05) is 0 Å². The first-order valence-electron chi connectivity index (χ1n) is 10.0. The lowest BCUT2D eigenvalue weighted by Crippen LogP contribution is -2.37. The Balaban J connectivity index is 2.01. The smallest absolute Gasteiger partial charge is 0.0355 e. The third kappa shape index (κ3) is 4.49. The lowest BCUT2D eigenvalue weighted by molar-refractivity contribution is 0.0408. The summed E-state index contributed by atoms with van der Waals surface area (Å²) in [5.74, 6) is 7.05. The van der Waals surface area contributed by atoms with Crippen LogP contribution >= 0.6 is 0 Å². The molecule has 0 aliphatic heterocycles. The molecule has 0 saturated heterocycles. The summed E-state index contributed by atoms with van der Waals surface area (Å²) in [5.41, 5.74) is 0. The second-order valence-electron chi connectivity index (χ2n) is 8.94. The minimum atomic E-state index is 0.902. The predicted molar refractivity (Wildman–Crippen MR) is 94.4 cm³/mol. The van der Waals surface area contributed by atoms with Crippen LogP contribution in [0.25, 0.3) is 0 Å². The van der Waals surface area contributed by atoms with Crippen LogP contribution in [0.2, 0.25) is 0 Å². The molecule has 0 aromatic carbocycles. The zero-order valence-corrected chi connectivity index (χ0v) is 15.4. The molecule has 0 N–H and O–H groups in total. The summed E-state index contributed by atoms with van der Waals surface area (Å²) in [4.78, 5) is 0. The van der Waals surface area contributed by atoms with E-state index in [0.717, 1.165) is 41.4 Å². The van der Waals surface area contributed by atoms with E-state index in [1.165, 1.54) is 44.9 Å². The Morgan fingerprint density at radius 1 is 0.905 bits per heavy atom. The van der Waals surface area contributed by atoms with Crippen molar-refractivity contribution in [3.05, 3.63) is 0 Å². The topological polar surface area (TPSA) is 0 Å². The van der Waals surface area contributed by atoms with Crippen molar-refractivity contribution in [3.63, 3.8) is 0 Å². The predicted octanol–water partition coefficient (Wildman–Crippen LogP) is 6.94. The summed E-state index contributed by atoms with van der Waals surface area (Å²) < 4.78 is 0. The summed E-state index contributed by atoms with van der Waals surface area (Å²) >= 11 is 0. The summed E-state index contributed by atoms with van der Waals surface area (Å²) in [5, 5.41) is 0. The summed E-state index contributed by atoms with van der Waals surface area (Å²) in [6.07, 6.45) is 13.5. The Labute approximate surface area is 134 Å². The Bertz CT molecular complexity index is 292. The Kier molecular flexibility index (Phi) is 6.63. The molecule has 2 rings (SSSR count). The maximum Gasteiger partial charge on any atom is -0.0355 e. The van der Waals surface area contributed by atoms with E-state index in [2.05, 4.69) is 34.6 Å². The van der Waals surface area contributed by atoms with Gasteiger partial charge in [0.05, 0.1) is 0 Å². The molecule has 6 unspecified atom stereocenters. The Hall–Kier alpha value is 0. The highest BCUT2D eigenvalue weighted by Gasteiger charge is 2.39. The van der Waals surface area contributed by atoms with E-state index in [-0.39, 0.29) is 0 Å². The van der Waals surface area contributed by atoms with Crippen LogP contribution in [0.5, 0.6) is 0 Å². The monoisotopic (exact) mass is 292 g/mol. The van der Waals surface area contributed by atoms with Gasteiger partial charge in [-0.25, -0.2) is 0 Å². The van der Waals surface area contributed by atoms with Crippen molar-refractivity contribution in [1.82, 2.24) is 0 Å². The zero-order valence-electron chi connectivity index (χ0n) is 15.4. The number of hydrogen-bond donors (Lipinski definition) is 0. The molecule has 2 aliphatic rings. The van der Waals surface area contributed by atoms with Gasteiger partial charge in [-0.3, -0.25) is 0 Å². The molecule has 2 aliphatic carbocycles. The zero-order chi connectivity index (χ0) is 15.4. The molecule has 0 amide bonds. The fourth-order valence-corrected chi connectivity index (χ4v) is 5.62. The van der Waals surface area contributed by atoms with Crippen LogP contribution in [0, 0.1) is 41.4 Å². The number of hydrogen-bond acceptors (Lipinski definition) is 0. The highest BCUT2D eigenvalue weighted by molar-refractivity contribution is 4.89. The van der Waals surface area contributed by atoms with Gasteiger partial charge in [0.15, 0.2) is 0 Å². The molecular formula is C21H40. The van der Waals surface area contributed by atoms with Gasteiger partial charge in [-0.05, 0) is 73.5 Å². The SMILES string of the molecule is CCCCC1CC(C(C)C)CCC1C1CCC(C)CC1C. The first-order valence-corrected chi connectivity index (χ1v) is 10.0. The van der Waals surface area contributed by atoms with E-state index in [1.807, 2.05) is 0 Å². The van der Waals surface area contributed by atoms with Crippen LogP contribution in [0.15, 0.2) is 0 Å². The van der Waals surface area contributed by atoms with Crippen molar-refractivity contribution >= 4 is 0 Å². The molecule has 0 radical (unpaired) electrons. The molecule has 0 bridgehead atoms. The van der Waals surface area contributed by atoms with Gasteiger partial charge < -0.3 is 0 Å². The third-order valence-electron chi connectivity index (χ3n) is 7.00. The van der Waals surface area contributed by atoms with Gasteiger partial charge in [0.1, 0.15) is 0 Å². The molecule has 0 heteroatoms. The Morgan fingerprint density at radius 2 is 1.62 bits per heavy atom. The lowest BCUT2D eigenvalue weighted by Gasteiger charge is -2.46. The second-order valence-corrected chi connectivity index (χ2v) is 8.94. The van der Waals surface area contributed by atoms with Crippen molar-refractivity contribution in [2.75, 3.05) is 0 Å². The lowest BCUT2D eigenvalue weighted by atomic mass is 9.59. The van der Waals surface area contributed by atoms with Crippen LogP contribution in [0.3, 0.4) is 0 Å². The standard InChI is InChI=1S/C21H40/c1-6-7-8-19-14-18(15(2)3)10-12-21(19)20-11-9-16(4)13-17(20)5/h15-21H,6-14H2,1-5H3. The molecule has 6 atom stereocenters. The average Bonchev–Trinajstić information content (AvgIpc) is 2.45. The fourth-order valence-electron chi connectivity index (χ4n) is 5.62. The maximum absolute atomic E-state index is 2.56. The van der Waals surface area contributed by atoms with Gasteiger partial charge >= 0.3 is 0 Å². The van der Waals surface area contributed by atoms with E-state index < -0.39 is 0 Å². The fraction of sp³-hybridized carbons (Fsp3) is 1.00. The van der Waals surface area contributed by atoms with Crippen LogP contribution in [0.4, 0.5) is 0 Å². The molecule has 0 nitrogen and oxygen atoms in total. The maximum atomic E-state index is 2.56. The third-order valence-corrected chi connectivity index (χ3v) is 7.00. The summed E-state index contributed by atoms with van der Waals surface area (Å²) in [7, 11) is 0. The highest BCUT2D eigenvalue weighted by Crippen LogP contribution is 2.49.